The van der Waals surface area contributed by atoms with Crippen LogP contribution in [0.15, 0.2) is 78.9 Å². The van der Waals surface area contributed by atoms with Crippen LogP contribution in [0.1, 0.15) is 70.2 Å². The number of carbonyl (C=O) groups excluding carboxylic acids is 3. The summed E-state index contributed by atoms with van der Waals surface area (Å²) in [4.78, 5) is 40.4. The standard InChI is InChI=1S/C37H46N2O6/c1-24-13-10-11-17-28(24)26-21-19-25(20-22-26)14-12-18-29(31-35(43)45-37(5,6)44-31)33(41)39-32(36(2,3)4)34(42)38-30(23-40)27-15-8-7-9-16-27/h7-11,13,15-17,19-22,29-32,40H,12,14,18,23H2,1-6H3,(H,38,42)(H,39,41)/t29-,30-,31+,32-/m1/s1. The fourth-order valence-corrected chi connectivity index (χ4v) is 5.72. The average Bonchev–Trinajstić information content (AvgIpc) is 3.28. The summed E-state index contributed by atoms with van der Waals surface area (Å²) in [5, 5.41) is 15.8. The number of cyclic esters (lactones) is 1. The highest BCUT2D eigenvalue weighted by Gasteiger charge is 2.48. The first-order chi connectivity index (χ1) is 21.3. The molecule has 4 atom stereocenters. The lowest BCUT2D eigenvalue weighted by molar-refractivity contribution is -0.162. The number of benzene rings is 3. The average molecular weight is 615 g/mol. The predicted molar refractivity (Wildman–Crippen MR) is 174 cm³/mol. The topological polar surface area (TPSA) is 114 Å². The Hall–Kier alpha value is -4.01. The second-order valence-corrected chi connectivity index (χ2v) is 13.3. The van der Waals surface area contributed by atoms with Gasteiger partial charge < -0.3 is 25.2 Å². The summed E-state index contributed by atoms with van der Waals surface area (Å²) in [6, 6.07) is 24.2. The minimum atomic E-state index is -1.16. The number of hydrogen-bond acceptors (Lipinski definition) is 6. The molecule has 8 heteroatoms. The number of carbonyl (C=O) groups is 3. The third-order valence-corrected chi connectivity index (χ3v) is 8.20. The molecule has 1 fully saturated rings. The molecular formula is C37H46N2O6. The monoisotopic (exact) mass is 614 g/mol. The zero-order valence-electron chi connectivity index (χ0n) is 27.1. The second kappa shape index (κ2) is 14.4. The number of ether oxygens (including phenoxy) is 2. The van der Waals surface area contributed by atoms with Crippen LogP contribution in [0.3, 0.4) is 0 Å². The number of hydrogen-bond donors (Lipinski definition) is 3. The number of amides is 2. The van der Waals surface area contributed by atoms with Crippen molar-refractivity contribution < 1.29 is 29.0 Å². The Balaban J connectivity index is 1.48. The van der Waals surface area contributed by atoms with Crippen molar-refractivity contribution >= 4 is 17.8 Å². The molecule has 1 heterocycles. The highest BCUT2D eigenvalue weighted by Crippen LogP contribution is 2.32. The third kappa shape index (κ3) is 8.80. The van der Waals surface area contributed by atoms with Gasteiger partial charge in [0.1, 0.15) is 6.04 Å². The van der Waals surface area contributed by atoms with Crippen molar-refractivity contribution in [3.05, 3.63) is 95.6 Å². The van der Waals surface area contributed by atoms with Gasteiger partial charge in [-0.1, -0.05) is 99.6 Å². The number of aliphatic hydroxyl groups is 1. The van der Waals surface area contributed by atoms with Gasteiger partial charge in [-0.15, -0.1) is 0 Å². The molecule has 0 radical (unpaired) electrons. The fourth-order valence-electron chi connectivity index (χ4n) is 5.72. The van der Waals surface area contributed by atoms with Crippen LogP contribution in [0.25, 0.3) is 11.1 Å². The van der Waals surface area contributed by atoms with Crippen LogP contribution in [0, 0.1) is 18.3 Å². The molecule has 8 nitrogen and oxygen atoms in total. The minimum absolute atomic E-state index is 0.300. The van der Waals surface area contributed by atoms with Crippen molar-refractivity contribution in [3.8, 4) is 11.1 Å². The maximum Gasteiger partial charge on any atom is 0.338 e. The summed E-state index contributed by atoms with van der Waals surface area (Å²) in [5.41, 5.74) is 4.73. The van der Waals surface area contributed by atoms with Crippen LogP contribution in [0.2, 0.25) is 0 Å². The van der Waals surface area contributed by atoms with E-state index in [2.05, 4.69) is 54.0 Å². The van der Waals surface area contributed by atoms with E-state index in [9.17, 15) is 19.5 Å². The van der Waals surface area contributed by atoms with Crippen LogP contribution < -0.4 is 10.6 Å². The molecule has 2 amide bonds. The van der Waals surface area contributed by atoms with Gasteiger partial charge in [0, 0.05) is 13.8 Å². The first kappa shape index (κ1) is 33.9. The Labute approximate surface area is 266 Å². The smallest absolute Gasteiger partial charge is 0.338 e. The lowest BCUT2D eigenvalue weighted by Crippen LogP contribution is -2.56. The molecular weight excluding hydrogens is 568 g/mol. The molecule has 3 aromatic carbocycles. The molecule has 0 spiro atoms. The molecule has 45 heavy (non-hydrogen) atoms. The van der Waals surface area contributed by atoms with Gasteiger partial charge in [0.2, 0.25) is 17.6 Å². The number of aryl methyl sites for hydroxylation is 2. The van der Waals surface area contributed by atoms with Crippen molar-refractivity contribution in [3.63, 3.8) is 0 Å². The van der Waals surface area contributed by atoms with Gasteiger partial charge in [0.15, 0.2) is 6.10 Å². The molecule has 1 aliphatic rings. The van der Waals surface area contributed by atoms with Crippen LogP contribution in [-0.2, 0) is 30.3 Å². The van der Waals surface area contributed by atoms with Gasteiger partial charge in [-0.25, -0.2) is 4.79 Å². The van der Waals surface area contributed by atoms with Gasteiger partial charge >= 0.3 is 5.97 Å². The van der Waals surface area contributed by atoms with Crippen molar-refractivity contribution in [2.24, 2.45) is 11.3 Å². The number of aliphatic hydroxyl groups excluding tert-OH is 1. The van der Waals surface area contributed by atoms with Gasteiger partial charge in [0.05, 0.1) is 18.6 Å². The second-order valence-electron chi connectivity index (χ2n) is 13.3. The third-order valence-electron chi connectivity index (χ3n) is 8.20. The van der Waals surface area contributed by atoms with Crippen molar-refractivity contribution in [2.75, 3.05) is 6.61 Å². The van der Waals surface area contributed by atoms with Crippen LogP contribution in [-0.4, -0.2) is 47.4 Å². The summed E-state index contributed by atoms with van der Waals surface area (Å²) in [7, 11) is 0. The zero-order chi connectivity index (χ0) is 32.8. The first-order valence-corrected chi connectivity index (χ1v) is 15.6. The molecule has 4 rings (SSSR count). The molecule has 0 bridgehead atoms. The molecule has 0 saturated carbocycles. The lowest BCUT2D eigenvalue weighted by atomic mass is 9.84. The van der Waals surface area contributed by atoms with Crippen LogP contribution in [0.4, 0.5) is 0 Å². The fraction of sp³-hybridized carbons (Fsp3) is 0.432. The SMILES string of the molecule is Cc1ccccc1-c1ccc(CCC[C@@H](C(=O)N[C@H](C(=O)N[C@H](CO)c2ccccc2)C(C)(C)C)[C@@H]2OC(C)(C)OC2=O)cc1. The van der Waals surface area contributed by atoms with Crippen LogP contribution >= 0.6 is 0 Å². The van der Waals surface area contributed by atoms with Crippen molar-refractivity contribution in [1.29, 1.82) is 0 Å². The highest BCUT2D eigenvalue weighted by atomic mass is 16.8. The molecule has 0 unspecified atom stereocenters. The summed E-state index contributed by atoms with van der Waals surface area (Å²) in [6.45, 7) is 10.6. The number of rotatable bonds is 12. The maximum absolute atomic E-state index is 13.9. The Morgan fingerprint density at radius 1 is 0.911 bits per heavy atom. The van der Waals surface area contributed by atoms with Crippen LogP contribution in [0.5, 0.6) is 0 Å². The summed E-state index contributed by atoms with van der Waals surface area (Å²) >= 11 is 0. The van der Waals surface area contributed by atoms with Gasteiger partial charge in [-0.2, -0.15) is 0 Å². The lowest BCUT2D eigenvalue weighted by Gasteiger charge is -2.33. The molecule has 3 N–H and O–H groups in total. The Morgan fingerprint density at radius 2 is 1.56 bits per heavy atom. The number of nitrogens with one attached hydrogen (secondary N) is 2. The highest BCUT2D eigenvalue weighted by molar-refractivity contribution is 5.92. The largest absolute Gasteiger partial charge is 0.432 e. The maximum atomic E-state index is 13.9. The van der Waals surface area contributed by atoms with Gasteiger partial charge in [-0.3, -0.25) is 9.59 Å². The summed E-state index contributed by atoms with van der Waals surface area (Å²) in [5.74, 6) is -3.51. The summed E-state index contributed by atoms with van der Waals surface area (Å²) in [6.07, 6.45) is 0.564. The molecule has 240 valence electrons. The van der Waals surface area contributed by atoms with E-state index >= 15 is 0 Å². The minimum Gasteiger partial charge on any atom is -0.432 e. The van der Waals surface area contributed by atoms with Crippen molar-refractivity contribution in [1.82, 2.24) is 10.6 Å². The van der Waals surface area contributed by atoms with E-state index in [0.29, 0.717) is 19.3 Å². The van der Waals surface area contributed by atoms with Gasteiger partial charge in [-0.05, 0) is 59.4 Å². The normalized spacial score (nSPS) is 18.0. The predicted octanol–water partition coefficient (Wildman–Crippen LogP) is 5.66. The molecule has 0 aromatic heterocycles. The Morgan fingerprint density at radius 3 is 2.13 bits per heavy atom. The molecule has 3 aromatic rings. The summed E-state index contributed by atoms with van der Waals surface area (Å²) < 4.78 is 11.3. The van der Waals surface area contributed by atoms with E-state index < -0.39 is 53.1 Å². The molecule has 0 aliphatic carbocycles. The van der Waals surface area contributed by atoms with E-state index in [-0.39, 0.29) is 6.61 Å². The number of esters is 1. The van der Waals surface area contributed by atoms with E-state index in [1.54, 1.807) is 13.8 Å². The van der Waals surface area contributed by atoms with Crippen molar-refractivity contribution in [2.45, 2.75) is 84.8 Å². The Kier molecular flexibility index (Phi) is 10.8. The molecule has 1 aliphatic heterocycles. The first-order valence-electron chi connectivity index (χ1n) is 15.6. The quantitative estimate of drug-likeness (QED) is 0.227. The Bertz CT molecular complexity index is 1460. The van der Waals surface area contributed by atoms with E-state index in [1.165, 1.54) is 11.1 Å². The van der Waals surface area contributed by atoms with E-state index in [1.807, 2.05) is 63.2 Å². The van der Waals surface area contributed by atoms with Gasteiger partial charge in [0.25, 0.3) is 0 Å². The van der Waals surface area contributed by atoms with E-state index in [0.717, 1.165) is 16.7 Å². The zero-order valence-corrected chi connectivity index (χ0v) is 27.1. The van der Waals surface area contributed by atoms with E-state index in [4.69, 9.17) is 9.47 Å². The molecule has 1 saturated heterocycles.